The highest BCUT2D eigenvalue weighted by Gasteiger charge is 2.15. The van der Waals surface area contributed by atoms with Crippen molar-refractivity contribution in [3.8, 4) is 56.2 Å². The third kappa shape index (κ3) is 5.45. The first-order chi connectivity index (χ1) is 25.2. The van der Waals surface area contributed by atoms with E-state index >= 15 is 0 Å². The fraction of sp³-hybridized carbons (Fsp3) is 0. The Kier molecular flexibility index (Phi) is 7.04. The van der Waals surface area contributed by atoms with Gasteiger partial charge in [-0.25, -0.2) is 9.97 Å². The fourth-order valence-corrected chi connectivity index (χ4v) is 8.28. The molecular formula is C48H30N2S. The number of rotatable bonds is 5. The van der Waals surface area contributed by atoms with Gasteiger partial charge >= 0.3 is 0 Å². The summed E-state index contributed by atoms with van der Waals surface area (Å²) in [6, 6.07) is 65.3. The summed E-state index contributed by atoms with van der Waals surface area (Å²) < 4.78 is 2.61. The van der Waals surface area contributed by atoms with Crippen molar-refractivity contribution in [1.29, 1.82) is 0 Å². The maximum Gasteiger partial charge on any atom is 0.160 e. The van der Waals surface area contributed by atoms with Crippen LogP contribution in [0.5, 0.6) is 0 Å². The van der Waals surface area contributed by atoms with E-state index < -0.39 is 0 Å². The van der Waals surface area contributed by atoms with Crippen molar-refractivity contribution in [2.75, 3.05) is 0 Å². The molecule has 238 valence electrons. The molecular weight excluding hydrogens is 637 g/mol. The summed E-state index contributed by atoms with van der Waals surface area (Å²) in [5, 5.41) is 7.41. The minimum absolute atomic E-state index is 0.709. The van der Waals surface area contributed by atoms with Gasteiger partial charge in [0.1, 0.15) is 0 Å². The predicted octanol–water partition coefficient (Wildman–Crippen LogP) is 13.5. The molecule has 2 heterocycles. The molecule has 0 saturated heterocycles. The normalized spacial score (nSPS) is 11.5. The second-order valence-electron chi connectivity index (χ2n) is 13.1. The van der Waals surface area contributed by atoms with Crippen molar-refractivity contribution in [3.63, 3.8) is 0 Å². The zero-order chi connectivity index (χ0) is 33.7. The standard InChI is InChI=1S/C48H30N2S/c1-2-12-33(13-3-1)44-30-45(50-48(49-44)38-21-19-32-11-5-7-15-35(32)25-38)41-27-39(36-20-18-31-10-4-6-14-34(31)24-36)26-40(28-41)37-22-23-47-43(29-37)42-16-8-9-17-46(42)51-47/h1-30H. The van der Waals surface area contributed by atoms with Gasteiger partial charge in [-0.2, -0.15) is 0 Å². The Morgan fingerprint density at radius 2 is 0.824 bits per heavy atom. The fourth-order valence-electron chi connectivity index (χ4n) is 7.19. The van der Waals surface area contributed by atoms with Crippen LogP contribution in [0.3, 0.4) is 0 Å². The van der Waals surface area contributed by atoms with Crippen molar-refractivity contribution >= 4 is 53.1 Å². The second-order valence-corrected chi connectivity index (χ2v) is 14.1. The Hall–Kier alpha value is -6.42. The van der Waals surface area contributed by atoms with Crippen LogP contribution in [0.1, 0.15) is 0 Å². The monoisotopic (exact) mass is 666 g/mol. The SMILES string of the molecule is c1ccc(-c2cc(-c3cc(-c4ccc5ccccc5c4)cc(-c4ccc5sc6ccccc6c5c4)c3)nc(-c3ccc4ccccc4c3)n2)cc1. The summed E-state index contributed by atoms with van der Waals surface area (Å²) in [5.74, 6) is 0.709. The summed E-state index contributed by atoms with van der Waals surface area (Å²) in [4.78, 5) is 10.4. The number of aromatic nitrogens is 2. The molecule has 2 nitrogen and oxygen atoms in total. The molecule has 0 atom stereocenters. The number of hydrogen-bond acceptors (Lipinski definition) is 3. The molecule has 0 unspecified atom stereocenters. The highest BCUT2D eigenvalue weighted by Crippen LogP contribution is 2.39. The Bertz CT molecular complexity index is 2920. The molecule has 0 aliphatic heterocycles. The molecule has 0 aliphatic carbocycles. The van der Waals surface area contributed by atoms with Crippen LogP contribution in [0.15, 0.2) is 182 Å². The van der Waals surface area contributed by atoms with E-state index in [9.17, 15) is 0 Å². The average Bonchev–Trinajstić information content (AvgIpc) is 3.58. The second kappa shape index (κ2) is 12.2. The highest BCUT2D eigenvalue weighted by atomic mass is 32.1. The van der Waals surface area contributed by atoms with Gasteiger partial charge in [0.2, 0.25) is 0 Å². The zero-order valence-corrected chi connectivity index (χ0v) is 28.4. The molecule has 51 heavy (non-hydrogen) atoms. The van der Waals surface area contributed by atoms with Crippen LogP contribution in [0, 0.1) is 0 Å². The molecule has 3 heteroatoms. The molecule has 0 N–H and O–H groups in total. The summed E-state index contributed by atoms with van der Waals surface area (Å²) in [5.41, 5.74) is 9.54. The van der Waals surface area contributed by atoms with Crippen LogP contribution >= 0.6 is 11.3 Å². The van der Waals surface area contributed by atoms with E-state index in [0.717, 1.165) is 39.2 Å². The van der Waals surface area contributed by atoms with Crippen LogP contribution in [0.4, 0.5) is 0 Å². The molecule has 8 aromatic carbocycles. The lowest BCUT2D eigenvalue weighted by Gasteiger charge is -2.14. The van der Waals surface area contributed by atoms with Crippen molar-refractivity contribution in [1.82, 2.24) is 9.97 Å². The first kappa shape index (κ1) is 29.5. The lowest BCUT2D eigenvalue weighted by atomic mass is 9.93. The Morgan fingerprint density at radius 3 is 1.57 bits per heavy atom. The molecule has 10 aromatic rings. The van der Waals surface area contributed by atoms with Crippen LogP contribution in [0.25, 0.3) is 97.9 Å². The van der Waals surface area contributed by atoms with Crippen LogP contribution in [0.2, 0.25) is 0 Å². The van der Waals surface area contributed by atoms with Crippen LogP contribution in [-0.4, -0.2) is 9.97 Å². The van der Waals surface area contributed by atoms with E-state index in [0.29, 0.717) is 5.82 Å². The third-order valence-corrected chi connectivity index (χ3v) is 11.0. The summed E-state index contributed by atoms with van der Waals surface area (Å²) in [6.45, 7) is 0. The molecule has 0 fully saturated rings. The van der Waals surface area contributed by atoms with Gasteiger partial charge in [-0.3, -0.25) is 0 Å². The van der Waals surface area contributed by atoms with E-state index in [1.54, 1.807) is 0 Å². The van der Waals surface area contributed by atoms with E-state index in [1.807, 2.05) is 17.4 Å². The van der Waals surface area contributed by atoms with E-state index in [4.69, 9.17) is 9.97 Å². The Labute approximate surface area is 300 Å². The number of nitrogens with zero attached hydrogens (tertiary/aromatic N) is 2. The minimum atomic E-state index is 0.709. The molecule has 0 saturated carbocycles. The summed E-state index contributed by atoms with van der Waals surface area (Å²) in [7, 11) is 0. The first-order valence-corrected chi connectivity index (χ1v) is 18.0. The highest BCUT2D eigenvalue weighted by molar-refractivity contribution is 7.25. The molecule has 0 aliphatic rings. The maximum absolute atomic E-state index is 5.30. The van der Waals surface area contributed by atoms with Crippen molar-refractivity contribution in [3.05, 3.63) is 182 Å². The van der Waals surface area contributed by atoms with Crippen LogP contribution in [-0.2, 0) is 0 Å². The van der Waals surface area contributed by atoms with Gasteiger partial charge in [0.05, 0.1) is 11.4 Å². The van der Waals surface area contributed by atoms with Gasteiger partial charge in [0, 0.05) is 36.9 Å². The number of fused-ring (bicyclic) bond motifs is 5. The first-order valence-electron chi connectivity index (χ1n) is 17.2. The molecule has 0 bridgehead atoms. The smallest absolute Gasteiger partial charge is 0.160 e. The summed E-state index contributed by atoms with van der Waals surface area (Å²) in [6.07, 6.45) is 0. The van der Waals surface area contributed by atoms with Gasteiger partial charge in [-0.05, 0) is 98.4 Å². The molecule has 0 spiro atoms. The quantitative estimate of drug-likeness (QED) is 0.183. The van der Waals surface area contributed by atoms with E-state index in [1.165, 1.54) is 52.8 Å². The van der Waals surface area contributed by atoms with Gasteiger partial charge in [0.15, 0.2) is 5.82 Å². The van der Waals surface area contributed by atoms with Gasteiger partial charge in [-0.1, -0.05) is 127 Å². The zero-order valence-electron chi connectivity index (χ0n) is 27.6. The number of benzene rings is 8. The molecule has 10 rings (SSSR count). The molecule has 0 radical (unpaired) electrons. The lowest BCUT2D eigenvalue weighted by Crippen LogP contribution is -1.96. The maximum atomic E-state index is 5.30. The van der Waals surface area contributed by atoms with Crippen molar-refractivity contribution < 1.29 is 0 Å². The Balaban J connectivity index is 1.20. The third-order valence-electron chi connectivity index (χ3n) is 9.82. The Morgan fingerprint density at radius 1 is 0.294 bits per heavy atom. The average molecular weight is 667 g/mol. The number of thiophene rings is 1. The topological polar surface area (TPSA) is 25.8 Å². The van der Waals surface area contributed by atoms with Crippen molar-refractivity contribution in [2.45, 2.75) is 0 Å². The number of hydrogen-bond donors (Lipinski definition) is 0. The van der Waals surface area contributed by atoms with Gasteiger partial charge in [0.25, 0.3) is 0 Å². The summed E-state index contributed by atoms with van der Waals surface area (Å²) >= 11 is 1.85. The largest absolute Gasteiger partial charge is 0.228 e. The van der Waals surface area contributed by atoms with E-state index in [2.05, 4.69) is 176 Å². The minimum Gasteiger partial charge on any atom is -0.228 e. The molecule has 2 aromatic heterocycles. The predicted molar refractivity (Wildman–Crippen MR) is 217 cm³/mol. The van der Waals surface area contributed by atoms with Gasteiger partial charge < -0.3 is 0 Å². The van der Waals surface area contributed by atoms with Crippen molar-refractivity contribution in [2.24, 2.45) is 0 Å². The lowest BCUT2D eigenvalue weighted by molar-refractivity contribution is 1.18. The molecule has 0 amide bonds. The van der Waals surface area contributed by atoms with Gasteiger partial charge in [-0.15, -0.1) is 11.3 Å². The van der Waals surface area contributed by atoms with Crippen LogP contribution < -0.4 is 0 Å². The van der Waals surface area contributed by atoms with E-state index in [-0.39, 0.29) is 0 Å².